The Morgan fingerprint density at radius 2 is 1.58 bits per heavy atom. The van der Waals surface area contributed by atoms with Crippen LogP contribution in [0.15, 0.2) is 78.9 Å². The summed E-state index contributed by atoms with van der Waals surface area (Å²) < 4.78 is 5.34. The molecule has 0 spiro atoms. The van der Waals surface area contributed by atoms with Gasteiger partial charge in [0.05, 0.1) is 7.11 Å². The maximum Gasteiger partial charge on any atom is 0.251 e. The third kappa shape index (κ3) is 6.36. The molecule has 5 nitrogen and oxygen atoms in total. The first-order valence-corrected chi connectivity index (χ1v) is 11.8. The van der Waals surface area contributed by atoms with E-state index in [1.54, 1.807) is 7.11 Å². The summed E-state index contributed by atoms with van der Waals surface area (Å²) in [6.45, 7) is 5.98. The Kier molecular flexibility index (Phi) is 7.99. The molecule has 1 N–H and O–H groups in total. The van der Waals surface area contributed by atoms with Crippen LogP contribution < -0.4 is 15.0 Å². The van der Waals surface area contributed by atoms with Crippen molar-refractivity contribution in [3.05, 3.63) is 84.4 Å². The number of piperazine rings is 1. The minimum atomic E-state index is 0.00140. The van der Waals surface area contributed by atoms with Crippen molar-refractivity contribution in [1.82, 2.24) is 10.2 Å². The summed E-state index contributed by atoms with van der Waals surface area (Å²) in [7, 11) is 1.71. The van der Waals surface area contributed by atoms with Crippen molar-refractivity contribution in [3.63, 3.8) is 0 Å². The molecule has 1 heterocycles. The minimum absolute atomic E-state index is 0.00140. The van der Waals surface area contributed by atoms with E-state index in [0.29, 0.717) is 12.1 Å². The van der Waals surface area contributed by atoms with Gasteiger partial charge in [-0.25, -0.2) is 0 Å². The first kappa shape index (κ1) is 22.9. The van der Waals surface area contributed by atoms with Gasteiger partial charge in [-0.3, -0.25) is 9.69 Å². The van der Waals surface area contributed by atoms with Crippen LogP contribution >= 0.6 is 0 Å². The molecule has 3 aromatic carbocycles. The molecule has 0 saturated carbocycles. The van der Waals surface area contributed by atoms with Crippen LogP contribution in [0.25, 0.3) is 11.1 Å². The lowest BCUT2D eigenvalue weighted by Gasteiger charge is -2.36. The highest BCUT2D eigenvalue weighted by Crippen LogP contribution is 2.22. The zero-order valence-electron chi connectivity index (χ0n) is 19.4. The lowest BCUT2D eigenvalue weighted by Crippen LogP contribution is -2.46. The van der Waals surface area contributed by atoms with Crippen molar-refractivity contribution >= 4 is 11.6 Å². The van der Waals surface area contributed by atoms with Crippen molar-refractivity contribution in [1.29, 1.82) is 0 Å². The third-order valence-electron chi connectivity index (χ3n) is 6.23. The van der Waals surface area contributed by atoms with Gasteiger partial charge >= 0.3 is 0 Å². The fourth-order valence-corrected chi connectivity index (χ4v) is 4.25. The van der Waals surface area contributed by atoms with Crippen molar-refractivity contribution in [2.45, 2.75) is 12.8 Å². The van der Waals surface area contributed by atoms with Crippen molar-refractivity contribution in [2.75, 3.05) is 51.3 Å². The van der Waals surface area contributed by atoms with Gasteiger partial charge < -0.3 is 15.0 Å². The molecule has 1 saturated heterocycles. The van der Waals surface area contributed by atoms with E-state index in [9.17, 15) is 4.79 Å². The Bertz CT molecular complexity index is 1010. The summed E-state index contributed by atoms with van der Waals surface area (Å²) in [6, 6.07) is 26.3. The smallest absolute Gasteiger partial charge is 0.251 e. The highest BCUT2D eigenvalue weighted by molar-refractivity contribution is 5.94. The topological polar surface area (TPSA) is 44.8 Å². The Morgan fingerprint density at radius 1 is 0.848 bits per heavy atom. The number of rotatable bonds is 9. The molecule has 0 atom stereocenters. The van der Waals surface area contributed by atoms with Crippen LogP contribution in [0.5, 0.6) is 5.75 Å². The van der Waals surface area contributed by atoms with Gasteiger partial charge in [-0.2, -0.15) is 0 Å². The Labute approximate surface area is 197 Å². The number of nitrogens with zero attached hydrogens (tertiary/aromatic N) is 2. The second-order valence-electron chi connectivity index (χ2n) is 8.44. The molecule has 0 aromatic heterocycles. The number of nitrogens with one attached hydrogen (secondary N) is 1. The molecule has 172 valence electrons. The van der Waals surface area contributed by atoms with Crippen molar-refractivity contribution < 1.29 is 9.53 Å². The number of anilines is 1. The SMILES string of the molecule is COc1cccc(N2CCN(CCCCNC(=O)c3ccc(-c4ccccc4)cc3)CC2)c1. The number of carbonyl (C=O) groups is 1. The predicted octanol–water partition coefficient (Wildman–Crippen LogP) is 4.69. The molecule has 3 aromatic rings. The van der Waals surface area contributed by atoms with Crippen LogP contribution in [0.3, 0.4) is 0 Å². The van der Waals surface area contributed by atoms with Crippen LogP contribution in [0, 0.1) is 0 Å². The quantitative estimate of drug-likeness (QED) is 0.487. The summed E-state index contributed by atoms with van der Waals surface area (Å²) in [5.74, 6) is 0.908. The molecule has 0 radical (unpaired) electrons. The molecule has 5 heteroatoms. The van der Waals surface area contributed by atoms with Gasteiger partial charge in [0.2, 0.25) is 0 Å². The summed E-state index contributed by atoms with van der Waals surface area (Å²) >= 11 is 0. The van der Waals surface area contributed by atoms with Gasteiger partial charge in [-0.1, -0.05) is 48.5 Å². The van der Waals surface area contributed by atoms with E-state index in [1.165, 1.54) is 5.69 Å². The van der Waals surface area contributed by atoms with E-state index in [-0.39, 0.29) is 5.91 Å². The molecule has 0 unspecified atom stereocenters. The Morgan fingerprint density at radius 3 is 2.30 bits per heavy atom. The monoisotopic (exact) mass is 443 g/mol. The Hall–Kier alpha value is -3.31. The molecule has 4 rings (SSSR count). The summed E-state index contributed by atoms with van der Waals surface area (Å²) in [4.78, 5) is 17.4. The van der Waals surface area contributed by atoms with Crippen LogP contribution in [-0.2, 0) is 0 Å². The van der Waals surface area contributed by atoms with Gasteiger partial charge in [0.15, 0.2) is 0 Å². The third-order valence-corrected chi connectivity index (χ3v) is 6.23. The normalized spacial score (nSPS) is 14.2. The maximum atomic E-state index is 12.4. The average molecular weight is 444 g/mol. The molecule has 1 fully saturated rings. The number of methoxy groups -OCH3 is 1. The van der Waals surface area contributed by atoms with Gasteiger partial charge in [0.1, 0.15) is 5.75 Å². The molecule has 33 heavy (non-hydrogen) atoms. The highest BCUT2D eigenvalue weighted by Gasteiger charge is 2.17. The average Bonchev–Trinajstić information content (AvgIpc) is 2.89. The van der Waals surface area contributed by atoms with E-state index >= 15 is 0 Å². The van der Waals surface area contributed by atoms with Gasteiger partial charge in [-0.05, 0) is 54.8 Å². The Balaban J connectivity index is 1.13. The minimum Gasteiger partial charge on any atom is -0.497 e. The first-order chi connectivity index (χ1) is 16.2. The number of hydrogen-bond acceptors (Lipinski definition) is 4. The zero-order chi connectivity index (χ0) is 22.9. The second kappa shape index (κ2) is 11.5. The summed E-state index contributed by atoms with van der Waals surface area (Å²) in [6.07, 6.45) is 2.08. The fourth-order valence-electron chi connectivity index (χ4n) is 4.25. The van der Waals surface area contributed by atoms with Crippen LogP contribution in [0.2, 0.25) is 0 Å². The van der Waals surface area contributed by atoms with E-state index in [1.807, 2.05) is 54.6 Å². The number of unbranched alkanes of at least 4 members (excludes halogenated alkanes) is 1. The predicted molar refractivity (Wildman–Crippen MR) is 135 cm³/mol. The van der Waals surface area contributed by atoms with E-state index in [2.05, 4.69) is 39.4 Å². The molecular weight excluding hydrogens is 410 g/mol. The lowest BCUT2D eigenvalue weighted by atomic mass is 10.0. The van der Waals surface area contributed by atoms with E-state index in [4.69, 9.17) is 4.74 Å². The molecule has 0 bridgehead atoms. The van der Waals surface area contributed by atoms with Crippen LogP contribution in [0.4, 0.5) is 5.69 Å². The van der Waals surface area contributed by atoms with E-state index in [0.717, 1.165) is 62.4 Å². The van der Waals surface area contributed by atoms with Crippen LogP contribution in [0.1, 0.15) is 23.2 Å². The number of carbonyl (C=O) groups excluding carboxylic acids is 1. The summed E-state index contributed by atoms with van der Waals surface area (Å²) in [5, 5.41) is 3.06. The maximum absolute atomic E-state index is 12.4. The van der Waals surface area contributed by atoms with Crippen molar-refractivity contribution in [3.8, 4) is 16.9 Å². The summed E-state index contributed by atoms with van der Waals surface area (Å²) in [5.41, 5.74) is 4.23. The lowest BCUT2D eigenvalue weighted by molar-refractivity contribution is 0.0952. The largest absolute Gasteiger partial charge is 0.497 e. The molecule has 0 aliphatic carbocycles. The van der Waals surface area contributed by atoms with Crippen LogP contribution in [-0.4, -0.2) is 57.2 Å². The molecule has 1 aliphatic rings. The highest BCUT2D eigenvalue weighted by atomic mass is 16.5. The van der Waals surface area contributed by atoms with Crippen molar-refractivity contribution in [2.24, 2.45) is 0 Å². The molecule has 1 amide bonds. The van der Waals surface area contributed by atoms with Gasteiger partial charge in [-0.15, -0.1) is 0 Å². The standard InChI is InChI=1S/C28H33N3O2/c1-33-27-11-7-10-26(22-27)31-20-18-30(19-21-31)17-6-5-16-29-28(32)25-14-12-24(13-15-25)23-8-3-2-4-9-23/h2-4,7-15,22H,5-6,16-21H2,1H3,(H,29,32). The number of benzene rings is 3. The molecular formula is C28H33N3O2. The van der Waals surface area contributed by atoms with Gasteiger partial charge in [0, 0.05) is 50.0 Å². The van der Waals surface area contributed by atoms with E-state index < -0.39 is 0 Å². The van der Waals surface area contributed by atoms with Gasteiger partial charge in [0.25, 0.3) is 5.91 Å². The second-order valence-corrected chi connectivity index (χ2v) is 8.44. The fraction of sp³-hybridized carbons (Fsp3) is 0.321. The number of ether oxygens (including phenoxy) is 1. The number of hydrogen-bond donors (Lipinski definition) is 1. The zero-order valence-corrected chi connectivity index (χ0v) is 19.4. The number of amides is 1. The first-order valence-electron chi connectivity index (χ1n) is 11.8. The molecule has 1 aliphatic heterocycles.